The van der Waals surface area contributed by atoms with Crippen molar-refractivity contribution < 1.29 is 9.47 Å². The van der Waals surface area contributed by atoms with Gasteiger partial charge in [-0.15, -0.1) is 0 Å². The van der Waals surface area contributed by atoms with Crippen LogP contribution in [-0.2, 0) is 6.54 Å². The highest BCUT2D eigenvalue weighted by atomic mass is 16.7. The zero-order chi connectivity index (χ0) is 12.4. The molecule has 0 radical (unpaired) electrons. The fourth-order valence-corrected chi connectivity index (χ4v) is 2.93. The molecule has 1 N–H and O–H groups in total. The summed E-state index contributed by atoms with van der Waals surface area (Å²) >= 11 is 0. The van der Waals surface area contributed by atoms with Crippen molar-refractivity contribution in [1.29, 1.82) is 0 Å². The third-order valence-electron chi connectivity index (χ3n) is 3.97. The lowest BCUT2D eigenvalue weighted by Crippen LogP contribution is -2.33. The lowest BCUT2D eigenvalue weighted by atomic mass is 9.87. The third kappa shape index (κ3) is 2.61. The summed E-state index contributed by atoms with van der Waals surface area (Å²) in [7, 11) is 0. The van der Waals surface area contributed by atoms with Crippen LogP contribution in [0.15, 0.2) is 18.2 Å². The maximum Gasteiger partial charge on any atom is 0.231 e. The van der Waals surface area contributed by atoms with E-state index in [0.29, 0.717) is 12.8 Å². The van der Waals surface area contributed by atoms with E-state index in [9.17, 15) is 0 Å². The van der Waals surface area contributed by atoms with Crippen LogP contribution in [0, 0.1) is 5.92 Å². The lowest BCUT2D eigenvalue weighted by Gasteiger charge is -2.27. The van der Waals surface area contributed by atoms with Gasteiger partial charge in [0.25, 0.3) is 0 Å². The van der Waals surface area contributed by atoms with E-state index < -0.39 is 0 Å². The van der Waals surface area contributed by atoms with Gasteiger partial charge in [-0.05, 0) is 36.5 Å². The summed E-state index contributed by atoms with van der Waals surface area (Å²) in [4.78, 5) is 0. The van der Waals surface area contributed by atoms with E-state index in [0.717, 1.165) is 24.0 Å². The summed E-state index contributed by atoms with van der Waals surface area (Å²) in [6.07, 6.45) is 5.38. The Kier molecular flexibility index (Phi) is 3.41. The quantitative estimate of drug-likeness (QED) is 0.890. The fraction of sp³-hybridized carbons (Fsp3) is 0.600. The molecule has 1 aromatic carbocycles. The highest BCUT2D eigenvalue weighted by molar-refractivity contribution is 5.44. The van der Waals surface area contributed by atoms with Crippen LogP contribution in [0.4, 0.5) is 0 Å². The van der Waals surface area contributed by atoms with Crippen molar-refractivity contribution in [1.82, 2.24) is 5.32 Å². The smallest absolute Gasteiger partial charge is 0.231 e. The monoisotopic (exact) mass is 247 g/mol. The third-order valence-corrected chi connectivity index (χ3v) is 3.97. The Balaban J connectivity index is 1.56. The molecule has 3 heteroatoms. The molecule has 1 heterocycles. The van der Waals surface area contributed by atoms with Gasteiger partial charge in [0.2, 0.25) is 6.79 Å². The van der Waals surface area contributed by atoms with Crippen molar-refractivity contribution in [3.05, 3.63) is 23.8 Å². The Labute approximate surface area is 108 Å². The molecule has 1 aromatic rings. The molecule has 1 fully saturated rings. The molecule has 0 spiro atoms. The highest BCUT2D eigenvalue weighted by Crippen LogP contribution is 2.32. The van der Waals surface area contributed by atoms with E-state index in [4.69, 9.17) is 9.47 Å². The van der Waals surface area contributed by atoms with Crippen LogP contribution >= 0.6 is 0 Å². The number of nitrogens with one attached hydrogen (secondary N) is 1. The first-order chi connectivity index (χ1) is 8.81. The van der Waals surface area contributed by atoms with Crippen molar-refractivity contribution in [2.24, 2.45) is 5.92 Å². The van der Waals surface area contributed by atoms with E-state index in [2.05, 4.69) is 24.4 Å². The maximum atomic E-state index is 5.40. The Bertz CT molecular complexity index is 419. The Morgan fingerprint density at radius 3 is 3.00 bits per heavy atom. The minimum absolute atomic E-state index is 0.354. The molecule has 3 nitrogen and oxygen atoms in total. The summed E-state index contributed by atoms with van der Waals surface area (Å²) < 4.78 is 10.7. The average Bonchev–Trinajstić information content (AvgIpc) is 2.84. The minimum Gasteiger partial charge on any atom is -0.454 e. The number of hydrogen-bond donors (Lipinski definition) is 1. The number of ether oxygens (including phenoxy) is 2. The Morgan fingerprint density at radius 2 is 2.11 bits per heavy atom. The van der Waals surface area contributed by atoms with Crippen LogP contribution < -0.4 is 14.8 Å². The number of rotatable bonds is 3. The van der Waals surface area contributed by atoms with Gasteiger partial charge in [-0.2, -0.15) is 0 Å². The van der Waals surface area contributed by atoms with Crippen LogP contribution in [0.5, 0.6) is 11.5 Å². The summed E-state index contributed by atoms with van der Waals surface area (Å²) in [5.41, 5.74) is 1.28. The first-order valence-electron chi connectivity index (χ1n) is 6.93. The van der Waals surface area contributed by atoms with Gasteiger partial charge in [-0.25, -0.2) is 0 Å². The van der Waals surface area contributed by atoms with Crippen molar-refractivity contribution in [2.45, 2.75) is 45.2 Å². The first kappa shape index (κ1) is 11.8. The molecule has 18 heavy (non-hydrogen) atoms. The molecular weight excluding hydrogens is 226 g/mol. The van der Waals surface area contributed by atoms with Gasteiger partial charge in [0, 0.05) is 12.6 Å². The van der Waals surface area contributed by atoms with E-state index in [1.807, 2.05) is 6.07 Å². The number of hydrogen-bond acceptors (Lipinski definition) is 3. The van der Waals surface area contributed by atoms with Gasteiger partial charge in [0.05, 0.1) is 0 Å². The predicted octanol–water partition coefficient (Wildman–Crippen LogP) is 3.08. The van der Waals surface area contributed by atoms with E-state index >= 15 is 0 Å². The molecule has 1 aliphatic carbocycles. The van der Waals surface area contributed by atoms with Gasteiger partial charge in [-0.3, -0.25) is 0 Å². The second-order valence-electron chi connectivity index (χ2n) is 5.54. The van der Waals surface area contributed by atoms with Gasteiger partial charge < -0.3 is 14.8 Å². The van der Waals surface area contributed by atoms with E-state index in [-0.39, 0.29) is 0 Å². The molecule has 98 valence electrons. The second-order valence-corrected chi connectivity index (χ2v) is 5.54. The SMILES string of the molecule is C[C@@H]1CCC[C@H](NCc2ccc3c(c2)OCO3)C1. The van der Waals surface area contributed by atoms with E-state index in [1.54, 1.807) is 0 Å². The standard InChI is InChI=1S/C15H21NO2/c1-11-3-2-4-13(7-11)16-9-12-5-6-14-15(8-12)18-10-17-14/h5-6,8,11,13,16H,2-4,7,9-10H2,1H3/t11-,13+/m1/s1. The Morgan fingerprint density at radius 1 is 1.22 bits per heavy atom. The van der Waals surface area contributed by atoms with Gasteiger partial charge in [0.15, 0.2) is 11.5 Å². The summed E-state index contributed by atoms with van der Waals surface area (Å²) in [6.45, 7) is 3.63. The molecule has 1 aliphatic heterocycles. The van der Waals surface area contributed by atoms with Gasteiger partial charge in [0.1, 0.15) is 0 Å². The molecular formula is C15H21NO2. The summed E-state index contributed by atoms with van der Waals surface area (Å²) in [6, 6.07) is 6.89. The molecule has 0 bridgehead atoms. The van der Waals surface area contributed by atoms with Crippen LogP contribution in [0.1, 0.15) is 38.2 Å². The molecule has 1 saturated carbocycles. The zero-order valence-electron chi connectivity index (χ0n) is 10.9. The van der Waals surface area contributed by atoms with Crippen molar-refractivity contribution >= 4 is 0 Å². The van der Waals surface area contributed by atoms with Crippen LogP contribution in [0.3, 0.4) is 0 Å². The molecule has 0 unspecified atom stereocenters. The molecule has 2 aliphatic rings. The lowest BCUT2D eigenvalue weighted by molar-refractivity contribution is 0.174. The molecule has 0 aromatic heterocycles. The fourth-order valence-electron chi connectivity index (χ4n) is 2.93. The largest absolute Gasteiger partial charge is 0.454 e. The van der Waals surface area contributed by atoms with Crippen LogP contribution in [0.25, 0.3) is 0 Å². The van der Waals surface area contributed by atoms with Gasteiger partial charge in [-0.1, -0.05) is 25.8 Å². The van der Waals surface area contributed by atoms with E-state index in [1.165, 1.54) is 31.2 Å². The predicted molar refractivity (Wildman–Crippen MR) is 70.8 cm³/mol. The Hall–Kier alpha value is -1.22. The molecule has 2 atom stereocenters. The molecule has 3 rings (SSSR count). The molecule has 0 saturated heterocycles. The van der Waals surface area contributed by atoms with Crippen molar-refractivity contribution in [2.75, 3.05) is 6.79 Å². The summed E-state index contributed by atoms with van der Waals surface area (Å²) in [5.74, 6) is 2.62. The topological polar surface area (TPSA) is 30.5 Å². The molecule has 0 amide bonds. The second kappa shape index (κ2) is 5.19. The minimum atomic E-state index is 0.354. The zero-order valence-corrected chi connectivity index (χ0v) is 10.9. The average molecular weight is 247 g/mol. The highest BCUT2D eigenvalue weighted by Gasteiger charge is 2.18. The summed E-state index contributed by atoms with van der Waals surface area (Å²) in [5, 5.41) is 3.66. The van der Waals surface area contributed by atoms with Crippen molar-refractivity contribution in [3.63, 3.8) is 0 Å². The first-order valence-corrected chi connectivity index (χ1v) is 6.93. The van der Waals surface area contributed by atoms with Crippen LogP contribution in [0.2, 0.25) is 0 Å². The number of benzene rings is 1. The normalized spacial score (nSPS) is 26.3. The number of fused-ring (bicyclic) bond motifs is 1. The van der Waals surface area contributed by atoms with Gasteiger partial charge >= 0.3 is 0 Å². The maximum absolute atomic E-state index is 5.40. The van der Waals surface area contributed by atoms with Crippen molar-refractivity contribution in [3.8, 4) is 11.5 Å². The van der Waals surface area contributed by atoms with Crippen LogP contribution in [-0.4, -0.2) is 12.8 Å².